The summed E-state index contributed by atoms with van der Waals surface area (Å²) >= 11 is 0. The average molecular weight is 212 g/mol. The quantitative estimate of drug-likeness (QED) is 0.493. The summed E-state index contributed by atoms with van der Waals surface area (Å²) in [6.07, 6.45) is 3.27. The Morgan fingerprint density at radius 1 is 1.40 bits per heavy atom. The summed E-state index contributed by atoms with van der Waals surface area (Å²) in [5.41, 5.74) is 5.45. The zero-order chi connectivity index (χ0) is 11.8. The second-order valence-electron chi connectivity index (χ2n) is 2.25. The van der Waals surface area contributed by atoms with Gasteiger partial charge in [-0.05, 0) is 6.07 Å². The number of carbonyl (C=O) groups is 3. The molecule has 15 heavy (non-hydrogen) atoms. The van der Waals surface area contributed by atoms with Crippen molar-refractivity contribution in [2.24, 2.45) is 5.73 Å². The van der Waals surface area contributed by atoms with E-state index in [-0.39, 0.29) is 0 Å². The molecule has 7 nitrogen and oxygen atoms in total. The first-order chi connectivity index (χ1) is 6.95. The first-order valence-corrected chi connectivity index (χ1v) is 3.65. The number of primary amides is 1. The van der Waals surface area contributed by atoms with Crippen LogP contribution in [0.2, 0.25) is 0 Å². The normalized spacial score (nSPS) is 8.27. The number of rotatable bonds is 1. The van der Waals surface area contributed by atoms with Gasteiger partial charge in [0, 0.05) is 6.07 Å². The average Bonchev–Trinajstić information content (AvgIpc) is 2.20. The molecule has 80 valence electrons. The van der Waals surface area contributed by atoms with Gasteiger partial charge in [-0.25, -0.2) is 9.78 Å². The molecule has 0 bridgehead atoms. The number of amides is 1. The Hall–Kier alpha value is -2.44. The highest BCUT2D eigenvalue weighted by molar-refractivity contribution is 6.26. The zero-order valence-electron chi connectivity index (χ0n) is 7.47. The first-order valence-electron chi connectivity index (χ1n) is 3.65. The molecular formula is C8H8N2O5. The highest BCUT2D eigenvalue weighted by Crippen LogP contribution is 1.88. The molecule has 1 heterocycles. The Balaban J connectivity index is 0.000000288. The Morgan fingerprint density at radius 3 is 2.13 bits per heavy atom. The van der Waals surface area contributed by atoms with Crippen LogP contribution in [0.1, 0.15) is 10.4 Å². The fourth-order valence-electron chi connectivity index (χ4n) is 0.547. The molecule has 1 amide bonds. The maximum absolute atomic E-state index is 10.4. The van der Waals surface area contributed by atoms with Crippen molar-refractivity contribution in [3.8, 4) is 0 Å². The van der Waals surface area contributed by atoms with Gasteiger partial charge in [-0.15, -0.1) is 0 Å². The lowest BCUT2D eigenvalue weighted by Gasteiger charge is -1.85. The summed E-state index contributed by atoms with van der Waals surface area (Å²) in [5, 5.41) is 16.3. The van der Waals surface area contributed by atoms with Crippen LogP contribution in [0, 0.1) is 0 Å². The minimum absolute atomic E-state index is 0.410. The molecule has 0 aliphatic heterocycles. The van der Waals surface area contributed by atoms with Crippen molar-refractivity contribution in [3.63, 3.8) is 0 Å². The first kappa shape index (κ1) is 12.6. The van der Waals surface area contributed by atoms with Crippen LogP contribution in [0.4, 0.5) is 0 Å². The number of aromatic amines is 1. The molecule has 0 atom stereocenters. The van der Waals surface area contributed by atoms with Crippen LogP contribution in [-0.4, -0.2) is 23.0 Å². The third kappa shape index (κ3) is 5.75. The zero-order valence-corrected chi connectivity index (χ0v) is 7.47. The van der Waals surface area contributed by atoms with E-state index in [1.54, 1.807) is 24.5 Å². The summed E-state index contributed by atoms with van der Waals surface area (Å²) in [7, 11) is 0. The second-order valence-corrected chi connectivity index (χ2v) is 2.25. The van der Waals surface area contributed by atoms with E-state index in [9.17, 15) is 4.79 Å². The van der Waals surface area contributed by atoms with Crippen LogP contribution in [-0.2, 0) is 9.59 Å². The molecule has 0 radical (unpaired) electrons. The van der Waals surface area contributed by atoms with Crippen LogP contribution in [0.25, 0.3) is 0 Å². The second kappa shape index (κ2) is 6.08. The van der Waals surface area contributed by atoms with E-state index < -0.39 is 17.8 Å². The Kier molecular flexibility index (Phi) is 5.09. The highest BCUT2D eigenvalue weighted by atomic mass is 16.4. The maximum Gasteiger partial charge on any atom is 0.351 e. The molecule has 1 aromatic heterocycles. The number of H-pyrrole nitrogens is 1. The smallest absolute Gasteiger partial charge is 0.351 e. The molecule has 1 rings (SSSR count). The third-order valence-electron chi connectivity index (χ3n) is 1.17. The number of aliphatic carboxylic acids is 2. The van der Waals surface area contributed by atoms with Crippen molar-refractivity contribution in [1.29, 1.82) is 0 Å². The van der Waals surface area contributed by atoms with E-state index in [0.717, 1.165) is 0 Å². The van der Waals surface area contributed by atoms with Crippen molar-refractivity contribution in [2.75, 3.05) is 0 Å². The van der Waals surface area contributed by atoms with Gasteiger partial charge in [0.2, 0.25) is 0 Å². The SMILES string of the molecule is NC(=O)c1ccc[nH+]c1.O=C([O-])C(=O)O. The van der Waals surface area contributed by atoms with Gasteiger partial charge >= 0.3 is 5.97 Å². The van der Waals surface area contributed by atoms with E-state index in [1.807, 2.05) is 0 Å². The van der Waals surface area contributed by atoms with Crippen LogP contribution in [0.15, 0.2) is 24.5 Å². The molecule has 0 aliphatic rings. The summed E-state index contributed by atoms with van der Waals surface area (Å²) < 4.78 is 0. The number of carboxylic acid groups (broad SMARTS) is 2. The predicted molar refractivity (Wildman–Crippen MR) is 44.2 cm³/mol. The largest absolute Gasteiger partial charge is 0.539 e. The van der Waals surface area contributed by atoms with Crippen LogP contribution in [0.3, 0.4) is 0 Å². The van der Waals surface area contributed by atoms with Crippen molar-refractivity contribution < 1.29 is 29.6 Å². The summed E-state index contributed by atoms with van der Waals surface area (Å²) in [6.45, 7) is 0. The molecule has 7 heteroatoms. The van der Waals surface area contributed by atoms with Gasteiger partial charge in [0.05, 0.1) is 0 Å². The van der Waals surface area contributed by atoms with Gasteiger partial charge in [-0.3, -0.25) is 4.79 Å². The van der Waals surface area contributed by atoms with Crippen LogP contribution < -0.4 is 15.8 Å². The molecule has 0 unspecified atom stereocenters. The monoisotopic (exact) mass is 212 g/mol. The van der Waals surface area contributed by atoms with E-state index in [1.165, 1.54) is 0 Å². The van der Waals surface area contributed by atoms with Crippen molar-refractivity contribution in [1.82, 2.24) is 0 Å². The van der Waals surface area contributed by atoms with E-state index in [2.05, 4.69) is 4.98 Å². The molecule has 0 aliphatic carbocycles. The Labute approximate surface area is 84.2 Å². The van der Waals surface area contributed by atoms with Crippen molar-refractivity contribution in [2.45, 2.75) is 0 Å². The molecule has 0 fully saturated rings. The van der Waals surface area contributed by atoms with Gasteiger partial charge in [0.25, 0.3) is 5.91 Å². The maximum atomic E-state index is 10.4. The fourth-order valence-corrected chi connectivity index (χ4v) is 0.547. The highest BCUT2D eigenvalue weighted by Gasteiger charge is 1.98. The van der Waals surface area contributed by atoms with E-state index in [4.69, 9.17) is 25.5 Å². The minimum atomic E-state index is -2.07. The lowest BCUT2D eigenvalue weighted by Crippen LogP contribution is -2.30. The van der Waals surface area contributed by atoms with Crippen molar-refractivity contribution in [3.05, 3.63) is 30.1 Å². The minimum Gasteiger partial charge on any atom is -0.539 e. The molecule has 0 spiro atoms. The van der Waals surface area contributed by atoms with Gasteiger partial charge < -0.3 is 20.7 Å². The van der Waals surface area contributed by atoms with Crippen LogP contribution >= 0.6 is 0 Å². The van der Waals surface area contributed by atoms with Crippen LogP contribution in [0.5, 0.6) is 0 Å². The predicted octanol–water partition coefficient (Wildman–Crippen LogP) is -2.58. The number of carboxylic acids is 2. The lowest BCUT2D eigenvalue weighted by molar-refractivity contribution is -0.378. The van der Waals surface area contributed by atoms with E-state index >= 15 is 0 Å². The van der Waals surface area contributed by atoms with E-state index in [0.29, 0.717) is 5.56 Å². The molecule has 0 saturated heterocycles. The third-order valence-corrected chi connectivity index (χ3v) is 1.17. The molecule has 0 saturated carbocycles. The molecular weight excluding hydrogens is 204 g/mol. The number of carbonyl (C=O) groups excluding carboxylic acids is 2. The summed E-state index contributed by atoms with van der Waals surface area (Å²) in [5.74, 6) is -4.42. The standard InChI is InChI=1S/C6H6N2O.C2H2O4/c7-6(9)5-2-1-3-8-4-5;3-1(4)2(5)6/h1-4H,(H2,7,9);(H,3,4)(H,5,6). The number of hydrogen-bond acceptors (Lipinski definition) is 4. The Bertz CT molecular complexity index is 351. The topological polar surface area (TPSA) is 135 Å². The lowest BCUT2D eigenvalue weighted by atomic mass is 10.3. The number of nitrogens with two attached hydrogens (primary N) is 1. The fraction of sp³-hybridized carbons (Fsp3) is 0. The van der Waals surface area contributed by atoms with Gasteiger partial charge in [0.1, 0.15) is 5.56 Å². The summed E-state index contributed by atoms with van der Waals surface area (Å²) in [6, 6.07) is 3.37. The Morgan fingerprint density at radius 2 is 1.93 bits per heavy atom. The molecule has 1 aromatic rings. The van der Waals surface area contributed by atoms with Gasteiger partial charge in [0.15, 0.2) is 18.4 Å². The summed E-state index contributed by atoms with van der Waals surface area (Å²) in [4.78, 5) is 31.2. The molecule has 0 aromatic carbocycles. The number of nitrogens with one attached hydrogen (secondary N) is 1. The number of aromatic nitrogens is 1. The molecule has 4 N–H and O–H groups in total. The van der Waals surface area contributed by atoms with Crippen molar-refractivity contribution >= 4 is 17.8 Å². The van der Waals surface area contributed by atoms with Gasteiger partial charge in [-0.2, -0.15) is 0 Å². The van der Waals surface area contributed by atoms with Gasteiger partial charge in [-0.1, -0.05) is 0 Å². The number of pyridine rings is 1. The number of hydrogen-bond donors (Lipinski definition) is 2.